The summed E-state index contributed by atoms with van der Waals surface area (Å²) < 4.78 is 0. The third kappa shape index (κ3) is 21.3. The molecule has 0 aliphatic carbocycles. The Balaban J connectivity index is 1.59. The number of aliphatic hydroxyl groups is 2. The number of hydrogen-bond donors (Lipinski definition) is 15. The van der Waals surface area contributed by atoms with Crippen molar-refractivity contribution >= 4 is 71.0 Å². The van der Waals surface area contributed by atoms with Gasteiger partial charge in [-0.1, -0.05) is 84.9 Å². The molecule has 80 heavy (non-hydrogen) atoms. The van der Waals surface area contributed by atoms with Gasteiger partial charge in [-0.2, -0.15) is 11.8 Å². The number of carbonyl (C=O) groups excluding carboxylic acids is 8. The number of nitrogens with two attached hydrogens (primary N) is 1. The fourth-order valence-electron chi connectivity index (χ4n) is 7.88. The van der Waals surface area contributed by atoms with Crippen LogP contribution in [0.5, 0.6) is 11.5 Å². The first-order valence-electron chi connectivity index (χ1n) is 25.1. The molecule has 0 saturated heterocycles. The number of carbonyl (C=O) groups is 10. The number of thioether (sulfide) groups is 1. The zero-order valence-electron chi connectivity index (χ0n) is 43.7. The summed E-state index contributed by atoms with van der Waals surface area (Å²) >= 11 is 1.33. The molecule has 4 aromatic rings. The van der Waals surface area contributed by atoms with Crippen LogP contribution in [-0.2, 0) is 73.6 Å². The minimum absolute atomic E-state index is 0.0200. The topological polar surface area (TPSA) is 414 Å². The van der Waals surface area contributed by atoms with E-state index >= 15 is 0 Å². The molecule has 0 spiro atoms. The van der Waals surface area contributed by atoms with Gasteiger partial charge < -0.3 is 78.9 Å². The Morgan fingerprint density at radius 1 is 0.475 bits per heavy atom. The molecule has 25 nitrogen and oxygen atoms in total. The number of phenols is 2. The summed E-state index contributed by atoms with van der Waals surface area (Å²) in [7, 11) is 0. The van der Waals surface area contributed by atoms with Crippen LogP contribution in [0.1, 0.15) is 42.0 Å². The fourth-order valence-corrected chi connectivity index (χ4v) is 8.35. The normalized spacial score (nSPS) is 14.3. The summed E-state index contributed by atoms with van der Waals surface area (Å²) in [6, 6.07) is 14.4. The van der Waals surface area contributed by atoms with E-state index < -0.39 is 133 Å². The van der Waals surface area contributed by atoms with Crippen molar-refractivity contribution in [3.8, 4) is 11.5 Å². The second-order valence-corrected chi connectivity index (χ2v) is 19.4. The van der Waals surface area contributed by atoms with Crippen LogP contribution in [0, 0.1) is 0 Å². The SMILES string of the molecule is CSCC[C@H](NC(=O)[C@H](Cc1ccc(O)cc1)NC(=O)[C@H](Cc1ccc(O)cc1)NC(=O)[C@H](CC(=O)O)NC(=O)[C@H](CO)NC(=O)[C@H](Cc1ccccc1)NC(=O)[C@@H](NC(=O)[C@H](Cc1ccccc1)NC(=O)CN)[C@@H](C)O)C(=O)O. The number of aliphatic carboxylic acids is 2. The molecule has 0 bridgehead atoms. The van der Waals surface area contributed by atoms with Crippen LogP contribution in [0.2, 0.25) is 0 Å². The smallest absolute Gasteiger partial charge is 0.326 e. The molecule has 0 aromatic heterocycles. The lowest BCUT2D eigenvalue weighted by Gasteiger charge is -2.28. The number of nitrogens with one attached hydrogen (secondary N) is 8. The molecule has 4 aromatic carbocycles. The van der Waals surface area contributed by atoms with Crippen molar-refractivity contribution in [2.75, 3.05) is 25.2 Å². The van der Waals surface area contributed by atoms with E-state index in [0.29, 0.717) is 28.0 Å². The second-order valence-electron chi connectivity index (χ2n) is 18.4. The molecule has 0 saturated carbocycles. The van der Waals surface area contributed by atoms with Crippen molar-refractivity contribution in [3.63, 3.8) is 0 Å². The Kier molecular flexibility index (Phi) is 25.9. The summed E-state index contributed by atoms with van der Waals surface area (Å²) in [5, 5.41) is 80.0. The highest BCUT2D eigenvalue weighted by Crippen LogP contribution is 2.16. The van der Waals surface area contributed by atoms with Crippen molar-refractivity contribution in [3.05, 3.63) is 131 Å². The number of amides is 8. The van der Waals surface area contributed by atoms with E-state index in [0.717, 1.165) is 0 Å². The Hall–Kier alpha value is -8.59. The molecule has 0 unspecified atom stereocenters. The van der Waals surface area contributed by atoms with Gasteiger partial charge in [-0.05, 0) is 71.9 Å². The number of benzene rings is 4. The molecule has 0 fully saturated rings. The number of rotatable bonds is 32. The lowest BCUT2D eigenvalue weighted by molar-refractivity contribution is -0.142. The predicted molar refractivity (Wildman–Crippen MR) is 290 cm³/mol. The molecule has 0 aliphatic heterocycles. The molecule has 8 amide bonds. The van der Waals surface area contributed by atoms with Crippen LogP contribution >= 0.6 is 11.8 Å². The lowest BCUT2D eigenvalue weighted by atomic mass is 10.0. The number of carboxylic acid groups (broad SMARTS) is 2. The van der Waals surface area contributed by atoms with Gasteiger partial charge in [0.15, 0.2) is 0 Å². The summed E-state index contributed by atoms with van der Waals surface area (Å²) in [4.78, 5) is 135. The number of carboxylic acids is 2. The molecule has 430 valence electrons. The maximum absolute atomic E-state index is 14.3. The third-order valence-corrected chi connectivity index (χ3v) is 12.8. The summed E-state index contributed by atoms with van der Waals surface area (Å²) in [6.45, 7) is -0.448. The van der Waals surface area contributed by atoms with Crippen LogP contribution in [-0.4, -0.2) is 169 Å². The maximum atomic E-state index is 14.3. The van der Waals surface area contributed by atoms with Crippen LogP contribution in [0.25, 0.3) is 0 Å². The Labute approximate surface area is 464 Å². The van der Waals surface area contributed by atoms with Crippen LogP contribution in [0.15, 0.2) is 109 Å². The van der Waals surface area contributed by atoms with E-state index in [2.05, 4.69) is 42.5 Å². The molecule has 0 radical (unpaired) electrons. The van der Waals surface area contributed by atoms with Crippen molar-refractivity contribution in [1.29, 1.82) is 0 Å². The minimum Gasteiger partial charge on any atom is -0.508 e. The monoisotopic (exact) mass is 1130 g/mol. The van der Waals surface area contributed by atoms with Crippen LogP contribution in [0.3, 0.4) is 0 Å². The van der Waals surface area contributed by atoms with E-state index in [4.69, 9.17) is 5.73 Å². The highest BCUT2D eigenvalue weighted by atomic mass is 32.2. The van der Waals surface area contributed by atoms with Gasteiger partial charge in [0.05, 0.1) is 25.7 Å². The van der Waals surface area contributed by atoms with Gasteiger partial charge in [-0.15, -0.1) is 0 Å². The van der Waals surface area contributed by atoms with E-state index in [1.807, 2.05) is 0 Å². The van der Waals surface area contributed by atoms with Crippen molar-refractivity contribution in [2.24, 2.45) is 5.73 Å². The van der Waals surface area contributed by atoms with E-state index in [1.165, 1.54) is 67.2 Å². The predicted octanol–water partition coefficient (Wildman–Crippen LogP) is -2.11. The van der Waals surface area contributed by atoms with Gasteiger partial charge in [0.1, 0.15) is 59.8 Å². The van der Waals surface area contributed by atoms with Gasteiger partial charge in [0.2, 0.25) is 47.3 Å². The van der Waals surface area contributed by atoms with Crippen molar-refractivity contribution in [2.45, 2.75) is 99.9 Å². The van der Waals surface area contributed by atoms with Gasteiger partial charge in [0, 0.05) is 25.7 Å². The molecule has 9 atom stereocenters. The highest BCUT2D eigenvalue weighted by molar-refractivity contribution is 7.98. The van der Waals surface area contributed by atoms with Crippen LogP contribution in [0.4, 0.5) is 0 Å². The molecular weight excluding hydrogens is 1060 g/mol. The van der Waals surface area contributed by atoms with Gasteiger partial charge >= 0.3 is 11.9 Å². The fraction of sp³-hybridized carbons (Fsp3) is 0.370. The lowest BCUT2D eigenvalue weighted by Crippen LogP contribution is -2.62. The number of aromatic hydroxyl groups is 2. The maximum Gasteiger partial charge on any atom is 0.326 e. The first-order chi connectivity index (χ1) is 38.1. The zero-order chi connectivity index (χ0) is 58.9. The number of aliphatic hydroxyl groups excluding tert-OH is 2. The Bertz CT molecular complexity index is 2740. The molecule has 0 heterocycles. The van der Waals surface area contributed by atoms with Crippen molar-refractivity contribution < 1.29 is 78.6 Å². The van der Waals surface area contributed by atoms with Crippen molar-refractivity contribution in [1.82, 2.24) is 42.5 Å². The third-order valence-electron chi connectivity index (χ3n) is 12.2. The average Bonchev–Trinajstić information content (AvgIpc) is 3.43. The first-order valence-corrected chi connectivity index (χ1v) is 26.5. The quantitative estimate of drug-likeness (QED) is 0.0249. The average molecular weight is 1130 g/mol. The molecular formula is C54H67N9O16S. The molecule has 4 rings (SSSR count). The molecule has 0 aliphatic rings. The summed E-state index contributed by atoms with van der Waals surface area (Å²) in [5.41, 5.74) is 7.32. The molecule has 16 N–H and O–H groups in total. The van der Waals surface area contributed by atoms with E-state index in [-0.39, 0.29) is 43.6 Å². The van der Waals surface area contributed by atoms with Crippen LogP contribution < -0.4 is 48.3 Å². The first kappa shape index (κ1) is 63.9. The molecule has 26 heteroatoms. The number of hydrogen-bond acceptors (Lipinski definition) is 16. The zero-order valence-corrected chi connectivity index (χ0v) is 44.5. The minimum atomic E-state index is -2.03. The largest absolute Gasteiger partial charge is 0.508 e. The summed E-state index contributed by atoms with van der Waals surface area (Å²) in [5.74, 6) is -11.3. The van der Waals surface area contributed by atoms with E-state index in [9.17, 15) is 78.6 Å². The highest BCUT2D eigenvalue weighted by Gasteiger charge is 2.36. The van der Waals surface area contributed by atoms with Gasteiger partial charge in [-0.25, -0.2) is 4.79 Å². The summed E-state index contributed by atoms with van der Waals surface area (Å²) in [6.07, 6.45) is -1.90. The van der Waals surface area contributed by atoms with Gasteiger partial charge in [-0.3, -0.25) is 43.2 Å². The Morgan fingerprint density at radius 3 is 1.21 bits per heavy atom. The standard InChI is InChI=1S/C54H67N9O16S/c1-30(65)46(63-51(75)38(56-44(68)28-55)23-31-9-5-3-6-10-31)53(77)61-41(24-32-11-7-4-8-12-32)49(73)62-43(29-64)52(76)60-42(27-45(69)70)50(74)59-40(26-34-15-19-36(67)20-16-34)48(72)58-39(25-33-13-17-35(66)18-14-33)47(71)57-37(54(78)79)21-22-80-2/h3-20,30,37-43,46,64-67H,21-29,55H2,1-2H3,(H,56,68)(H,57,71)(H,58,72)(H,59,74)(H,60,76)(H,61,77)(H,62,73)(H,63,75)(H,69,70)(H,78,79)/t30-,37+,38+,39+,40+,41+,42+,43+,46+/m1/s1. The second kappa shape index (κ2) is 32.3. The van der Waals surface area contributed by atoms with Gasteiger partial charge in [0.25, 0.3) is 0 Å². The Morgan fingerprint density at radius 2 is 0.825 bits per heavy atom. The van der Waals surface area contributed by atoms with E-state index in [1.54, 1.807) is 66.9 Å². The number of phenolic OH excluding ortho intramolecular Hbond substituents is 2.